The number of amides is 2. The summed E-state index contributed by atoms with van der Waals surface area (Å²) in [5, 5.41) is 0. The standard InChI is InChI=1S/C9H9N3O.3ClH/c10-9(13)12-5-7-3-1-2-4-8(7)11-6-12;;;/h1-4,6H,5H2,(H2,10,13);3*1H. The van der Waals surface area contributed by atoms with E-state index in [0.717, 1.165) is 11.3 Å². The molecular weight excluding hydrogens is 272 g/mol. The molecule has 7 heteroatoms. The number of aliphatic imine (C=N–C) groups is 1. The third-order valence-electron chi connectivity index (χ3n) is 1.95. The average Bonchev–Trinajstić information content (AvgIpc) is 2.17. The predicted octanol–water partition coefficient (Wildman–Crippen LogP) is 2.51. The van der Waals surface area contributed by atoms with Crippen molar-refractivity contribution in [1.29, 1.82) is 0 Å². The van der Waals surface area contributed by atoms with Gasteiger partial charge >= 0.3 is 6.03 Å². The fourth-order valence-electron chi connectivity index (χ4n) is 1.26. The SMILES string of the molecule is Cl.Cl.Cl.NC(=O)N1C=Nc2ccccc2C1. The smallest absolute Gasteiger partial charge is 0.320 e. The number of para-hydroxylation sites is 1. The molecule has 0 aliphatic carbocycles. The zero-order chi connectivity index (χ0) is 9.26. The van der Waals surface area contributed by atoms with Crippen LogP contribution in [-0.4, -0.2) is 17.3 Å². The normalized spacial score (nSPS) is 11.4. The maximum atomic E-state index is 10.8. The largest absolute Gasteiger partial charge is 0.351 e. The summed E-state index contributed by atoms with van der Waals surface area (Å²) in [5.41, 5.74) is 7.04. The average molecular weight is 285 g/mol. The van der Waals surface area contributed by atoms with E-state index in [1.807, 2.05) is 24.3 Å². The van der Waals surface area contributed by atoms with Crippen molar-refractivity contribution in [2.45, 2.75) is 6.54 Å². The second kappa shape index (κ2) is 7.33. The quantitative estimate of drug-likeness (QED) is 0.782. The number of benzene rings is 1. The molecule has 0 bridgehead atoms. The highest BCUT2D eigenvalue weighted by atomic mass is 35.5. The molecule has 90 valence electrons. The molecule has 0 aromatic heterocycles. The molecule has 1 aromatic rings. The number of hydrogen-bond acceptors (Lipinski definition) is 2. The van der Waals surface area contributed by atoms with Gasteiger partial charge in [0.15, 0.2) is 0 Å². The van der Waals surface area contributed by atoms with E-state index in [4.69, 9.17) is 5.73 Å². The van der Waals surface area contributed by atoms with E-state index in [-0.39, 0.29) is 37.2 Å². The molecular formula is C9H12Cl3N3O. The molecule has 0 atom stereocenters. The van der Waals surface area contributed by atoms with Crippen LogP contribution in [0.5, 0.6) is 0 Å². The molecule has 0 radical (unpaired) electrons. The molecule has 0 saturated carbocycles. The highest BCUT2D eigenvalue weighted by Gasteiger charge is 2.13. The Balaban J connectivity index is 0. The molecule has 1 aliphatic rings. The van der Waals surface area contributed by atoms with Gasteiger partial charge in [0.05, 0.1) is 18.6 Å². The zero-order valence-corrected chi connectivity index (χ0v) is 10.6. The first-order valence-corrected chi connectivity index (χ1v) is 3.95. The van der Waals surface area contributed by atoms with Crippen molar-refractivity contribution in [1.82, 2.24) is 4.90 Å². The van der Waals surface area contributed by atoms with Gasteiger partial charge in [-0.25, -0.2) is 9.79 Å². The molecule has 0 unspecified atom stereocenters. The van der Waals surface area contributed by atoms with Gasteiger partial charge in [0.25, 0.3) is 0 Å². The van der Waals surface area contributed by atoms with Crippen molar-refractivity contribution < 1.29 is 4.79 Å². The van der Waals surface area contributed by atoms with E-state index in [0.29, 0.717) is 6.54 Å². The van der Waals surface area contributed by atoms with Crippen molar-refractivity contribution in [2.24, 2.45) is 10.7 Å². The Hall–Kier alpha value is -0.970. The highest BCUT2D eigenvalue weighted by molar-refractivity contribution is 5.87. The van der Waals surface area contributed by atoms with Gasteiger partial charge in [-0.1, -0.05) is 18.2 Å². The van der Waals surface area contributed by atoms with Gasteiger partial charge in [-0.15, -0.1) is 37.2 Å². The summed E-state index contributed by atoms with van der Waals surface area (Å²) in [7, 11) is 0. The summed E-state index contributed by atoms with van der Waals surface area (Å²) in [6, 6.07) is 7.19. The number of primary amides is 1. The van der Waals surface area contributed by atoms with E-state index < -0.39 is 6.03 Å². The van der Waals surface area contributed by atoms with Crippen molar-refractivity contribution in [3.05, 3.63) is 29.8 Å². The van der Waals surface area contributed by atoms with Crippen molar-refractivity contribution in [3.63, 3.8) is 0 Å². The topological polar surface area (TPSA) is 58.7 Å². The molecule has 0 spiro atoms. The minimum Gasteiger partial charge on any atom is -0.351 e. The van der Waals surface area contributed by atoms with Gasteiger partial charge in [0.2, 0.25) is 0 Å². The van der Waals surface area contributed by atoms with Crippen molar-refractivity contribution >= 4 is 55.3 Å². The number of urea groups is 1. The number of rotatable bonds is 0. The minimum atomic E-state index is -0.474. The zero-order valence-electron chi connectivity index (χ0n) is 8.20. The second-order valence-corrected chi connectivity index (χ2v) is 2.84. The molecule has 1 heterocycles. The van der Waals surface area contributed by atoms with Crippen LogP contribution < -0.4 is 5.73 Å². The first kappa shape index (κ1) is 17.4. The van der Waals surface area contributed by atoms with Crippen LogP contribution in [0.25, 0.3) is 0 Å². The number of nitrogens with zero attached hydrogens (tertiary/aromatic N) is 2. The van der Waals surface area contributed by atoms with Crippen LogP contribution in [0.1, 0.15) is 5.56 Å². The van der Waals surface area contributed by atoms with E-state index in [2.05, 4.69) is 4.99 Å². The van der Waals surface area contributed by atoms with E-state index >= 15 is 0 Å². The lowest BCUT2D eigenvalue weighted by atomic mass is 10.1. The van der Waals surface area contributed by atoms with E-state index in [1.165, 1.54) is 11.2 Å². The summed E-state index contributed by atoms with van der Waals surface area (Å²) in [6.45, 7) is 0.509. The van der Waals surface area contributed by atoms with Crippen LogP contribution in [0.4, 0.5) is 10.5 Å². The van der Waals surface area contributed by atoms with Crippen LogP contribution in [0, 0.1) is 0 Å². The molecule has 2 amide bonds. The Morgan fingerprint density at radius 1 is 1.25 bits per heavy atom. The lowest BCUT2D eigenvalue weighted by molar-refractivity contribution is 0.229. The third kappa shape index (κ3) is 3.56. The Kier molecular flexibility index (Phi) is 7.98. The fraction of sp³-hybridized carbons (Fsp3) is 0.111. The first-order chi connectivity index (χ1) is 6.27. The van der Waals surface area contributed by atoms with Gasteiger partial charge in [0.1, 0.15) is 0 Å². The van der Waals surface area contributed by atoms with E-state index in [9.17, 15) is 4.79 Å². The van der Waals surface area contributed by atoms with Gasteiger partial charge < -0.3 is 5.73 Å². The third-order valence-corrected chi connectivity index (χ3v) is 1.95. The maximum Gasteiger partial charge on any atom is 0.320 e. The van der Waals surface area contributed by atoms with E-state index in [1.54, 1.807) is 0 Å². The van der Waals surface area contributed by atoms with Crippen LogP contribution >= 0.6 is 37.2 Å². The number of carbonyl (C=O) groups excluding carboxylic acids is 1. The molecule has 1 aliphatic heterocycles. The van der Waals surface area contributed by atoms with Crippen LogP contribution in [0.2, 0.25) is 0 Å². The summed E-state index contributed by atoms with van der Waals surface area (Å²) < 4.78 is 0. The predicted molar refractivity (Wildman–Crippen MR) is 71.5 cm³/mol. The summed E-state index contributed by atoms with van der Waals surface area (Å²) in [6.07, 6.45) is 1.46. The number of halogens is 3. The Morgan fingerprint density at radius 3 is 2.50 bits per heavy atom. The van der Waals surface area contributed by atoms with Crippen molar-refractivity contribution in [3.8, 4) is 0 Å². The van der Waals surface area contributed by atoms with Crippen LogP contribution in [0.15, 0.2) is 29.3 Å². The lowest BCUT2D eigenvalue weighted by Crippen LogP contribution is -2.35. The van der Waals surface area contributed by atoms with Gasteiger partial charge in [-0.3, -0.25) is 4.90 Å². The minimum absolute atomic E-state index is 0. The Morgan fingerprint density at radius 2 is 1.88 bits per heavy atom. The molecule has 2 rings (SSSR count). The fourth-order valence-corrected chi connectivity index (χ4v) is 1.26. The van der Waals surface area contributed by atoms with Crippen LogP contribution in [0.3, 0.4) is 0 Å². The Labute approximate surface area is 112 Å². The Bertz CT molecular complexity index is 384. The molecule has 4 nitrogen and oxygen atoms in total. The molecule has 16 heavy (non-hydrogen) atoms. The van der Waals surface area contributed by atoms with Crippen molar-refractivity contribution in [2.75, 3.05) is 0 Å². The number of carbonyl (C=O) groups is 1. The van der Waals surface area contributed by atoms with Gasteiger partial charge in [-0.05, 0) is 11.6 Å². The number of nitrogens with two attached hydrogens (primary N) is 1. The van der Waals surface area contributed by atoms with Gasteiger partial charge in [-0.2, -0.15) is 0 Å². The molecule has 0 fully saturated rings. The monoisotopic (exact) mass is 283 g/mol. The number of fused-ring (bicyclic) bond motifs is 1. The van der Waals surface area contributed by atoms with Gasteiger partial charge in [0, 0.05) is 0 Å². The lowest BCUT2D eigenvalue weighted by Gasteiger charge is -2.19. The molecule has 1 aromatic carbocycles. The molecule has 2 N–H and O–H groups in total. The summed E-state index contributed by atoms with van der Waals surface area (Å²) >= 11 is 0. The van der Waals surface area contributed by atoms with Crippen LogP contribution in [-0.2, 0) is 6.54 Å². The summed E-state index contributed by atoms with van der Waals surface area (Å²) in [4.78, 5) is 16.3. The second-order valence-electron chi connectivity index (χ2n) is 2.84. The molecule has 0 saturated heterocycles. The maximum absolute atomic E-state index is 10.8. The highest BCUT2D eigenvalue weighted by Crippen LogP contribution is 2.22. The summed E-state index contributed by atoms with van der Waals surface area (Å²) in [5.74, 6) is 0. The number of hydrogen-bond donors (Lipinski definition) is 1. The first-order valence-electron chi connectivity index (χ1n) is 3.95.